The number of fused-ring (bicyclic) bond motifs is 4. The number of carboxylic acid groups (broad SMARTS) is 2. The van der Waals surface area contributed by atoms with Gasteiger partial charge in [0.15, 0.2) is 10.9 Å². The maximum absolute atomic E-state index is 13.2. The first kappa shape index (κ1) is 19.5. The molecule has 4 N–H and O–H groups in total. The van der Waals surface area contributed by atoms with E-state index in [0.29, 0.717) is 22.2 Å². The smallest absolute Gasteiger partial charge is 0.337 e. The monoisotopic (exact) mass is 428 g/mol. The first-order chi connectivity index (χ1) is 15.2. The maximum Gasteiger partial charge on any atom is 0.337 e. The Morgan fingerprint density at radius 2 is 1.00 bits per heavy atom. The van der Waals surface area contributed by atoms with Gasteiger partial charge in [-0.2, -0.15) is 0 Å². The molecule has 2 heterocycles. The number of carbonyl (C=O) groups is 2. The molecule has 8 heteroatoms. The predicted octanol–water partition coefficient (Wildman–Crippen LogP) is 3.69. The van der Waals surface area contributed by atoms with Crippen molar-refractivity contribution < 1.29 is 19.8 Å². The molecule has 0 fully saturated rings. The summed E-state index contributed by atoms with van der Waals surface area (Å²) in [5.41, 5.74) is 1.41. The van der Waals surface area contributed by atoms with Crippen molar-refractivity contribution in [1.29, 1.82) is 0 Å². The fourth-order valence-electron chi connectivity index (χ4n) is 4.28. The normalized spacial score (nSPS) is 11.6. The third-order valence-electron chi connectivity index (χ3n) is 5.68. The number of nitrogens with one attached hydrogen (secondary N) is 2. The van der Waals surface area contributed by atoms with Gasteiger partial charge in [0.2, 0.25) is 0 Å². The number of carboxylic acids is 2. The van der Waals surface area contributed by atoms with Crippen LogP contribution in [0.15, 0.2) is 46.0 Å². The molecule has 0 radical (unpaired) electrons. The molecule has 0 aliphatic carbocycles. The van der Waals surface area contributed by atoms with Gasteiger partial charge in [0.05, 0.1) is 33.2 Å². The molecule has 0 amide bonds. The largest absolute Gasteiger partial charge is 0.478 e. The lowest BCUT2D eigenvalue weighted by Crippen LogP contribution is -2.11. The van der Waals surface area contributed by atoms with Crippen molar-refractivity contribution in [2.24, 2.45) is 0 Å². The third kappa shape index (κ3) is 2.70. The van der Waals surface area contributed by atoms with Crippen LogP contribution in [0.25, 0.3) is 43.6 Å². The van der Waals surface area contributed by atoms with Gasteiger partial charge in [0, 0.05) is 21.5 Å². The number of aromatic amines is 2. The molecule has 2 aromatic heterocycles. The van der Waals surface area contributed by atoms with Crippen molar-refractivity contribution >= 4 is 55.6 Å². The van der Waals surface area contributed by atoms with E-state index in [1.165, 1.54) is 24.3 Å². The van der Waals surface area contributed by atoms with Gasteiger partial charge in [-0.1, -0.05) is 0 Å². The molecule has 0 unspecified atom stereocenters. The van der Waals surface area contributed by atoms with Crippen LogP contribution < -0.4 is 10.9 Å². The van der Waals surface area contributed by atoms with Crippen LogP contribution in [-0.2, 0) is 0 Å². The Hall–Kier alpha value is -4.46. The summed E-state index contributed by atoms with van der Waals surface area (Å²) in [5, 5.41) is 20.1. The Balaban J connectivity index is 1.99. The van der Waals surface area contributed by atoms with Gasteiger partial charge in [0.1, 0.15) is 0 Å². The first-order valence-corrected chi connectivity index (χ1v) is 9.73. The third-order valence-corrected chi connectivity index (χ3v) is 5.68. The van der Waals surface area contributed by atoms with Crippen LogP contribution in [0.4, 0.5) is 0 Å². The van der Waals surface area contributed by atoms with E-state index in [2.05, 4.69) is 9.97 Å². The summed E-state index contributed by atoms with van der Waals surface area (Å²) < 4.78 is 0. The molecule has 0 aliphatic rings. The molecule has 158 valence electrons. The zero-order valence-electron chi connectivity index (χ0n) is 17.0. The van der Waals surface area contributed by atoms with E-state index in [4.69, 9.17) is 0 Å². The van der Waals surface area contributed by atoms with Crippen LogP contribution in [0.3, 0.4) is 0 Å². The van der Waals surface area contributed by atoms with Crippen LogP contribution in [0.2, 0.25) is 0 Å². The number of aromatic carboxylic acids is 2. The molecule has 0 atom stereocenters. The van der Waals surface area contributed by atoms with Crippen LogP contribution in [-0.4, -0.2) is 32.1 Å². The van der Waals surface area contributed by atoms with Crippen LogP contribution >= 0.6 is 0 Å². The molecule has 8 nitrogen and oxygen atoms in total. The molecule has 3 aromatic carbocycles. The van der Waals surface area contributed by atoms with Gasteiger partial charge >= 0.3 is 11.9 Å². The number of H-pyrrole nitrogens is 2. The summed E-state index contributed by atoms with van der Waals surface area (Å²) in [4.78, 5) is 55.9. The molecule has 32 heavy (non-hydrogen) atoms. The van der Waals surface area contributed by atoms with E-state index in [9.17, 15) is 29.4 Å². The topological polar surface area (TPSA) is 140 Å². The highest BCUT2D eigenvalue weighted by molar-refractivity contribution is 6.09. The SMILES string of the molecule is Cc1cc(C(=O)O)c2[nH]c3cc4c(=O)c5cc(C)cc(C(=O)O)c5[nH]c4cc3c(=O)c2c1. The Morgan fingerprint density at radius 3 is 1.34 bits per heavy atom. The highest BCUT2D eigenvalue weighted by atomic mass is 16.4. The fraction of sp³-hybridized carbons (Fsp3) is 0.0833. The van der Waals surface area contributed by atoms with E-state index in [-0.39, 0.29) is 54.6 Å². The number of rotatable bonds is 2. The molecular formula is C24H16N2O6. The van der Waals surface area contributed by atoms with Gasteiger partial charge in [-0.25, -0.2) is 9.59 Å². The number of benzene rings is 3. The van der Waals surface area contributed by atoms with Crippen LogP contribution in [0.5, 0.6) is 0 Å². The quantitative estimate of drug-likeness (QED) is 0.316. The number of hydrogen-bond acceptors (Lipinski definition) is 4. The summed E-state index contributed by atoms with van der Waals surface area (Å²) in [6.07, 6.45) is 0. The second-order valence-electron chi connectivity index (χ2n) is 7.93. The van der Waals surface area contributed by atoms with Crippen LogP contribution in [0, 0.1) is 13.8 Å². The lowest BCUT2D eigenvalue weighted by Gasteiger charge is -2.10. The van der Waals surface area contributed by atoms with E-state index in [1.54, 1.807) is 26.0 Å². The minimum atomic E-state index is -1.17. The van der Waals surface area contributed by atoms with Crippen molar-refractivity contribution in [2.75, 3.05) is 0 Å². The average molecular weight is 428 g/mol. The Kier molecular flexibility index (Phi) is 3.97. The van der Waals surface area contributed by atoms with Gasteiger partial charge in [0.25, 0.3) is 0 Å². The second kappa shape index (κ2) is 6.52. The zero-order valence-corrected chi connectivity index (χ0v) is 17.0. The van der Waals surface area contributed by atoms with Crippen molar-refractivity contribution in [2.45, 2.75) is 13.8 Å². The molecule has 0 saturated carbocycles. The lowest BCUT2D eigenvalue weighted by atomic mass is 10.0. The van der Waals surface area contributed by atoms with Gasteiger partial charge in [-0.3, -0.25) is 9.59 Å². The fourth-order valence-corrected chi connectivity index (χ4v) is 4.28. The summed E-state index contributed by atoms with van der Waals surface area (Å²) >= 11 is 0. The maximum atomic E-state index is 13.2. The molecule has 0 saturated heterocycles. The molecular weight excluding hydrogens is 412 g/mol. The van der Waals surface area contributed by atoms with Crippen LogP contribution in [0.1, 0.15) is 31.8 Å². The van der Waals surface area contributed by atoms with E-state index >= 15 is 0 Å². The second-order valence-corrected chi connectivity index (χ2v) is 7.93. The standard InChI is InChI=1S/C24H16N2O6/c1-9-3-13-19(15(5-9)23(29)30)25-17-8-12-18(7-11(17)21(13)27)26-20-14(22(12)28)4-10(2)6-16(20)24(31)32/h3-8H,1-2H3,(H,25,27)(H,26,28)(H,29,30)(H,31,32). The minimum absolute atomic E-state index is 0.0340. The molecule has 5 aromatic rings. The molecule has 0 bridgehead atoms. The minimum Gasteiger partial charge on any atom is -0.478 e. The first-order valence-electron chi connectivity index (χ1n) is 9.73. The number of aryl methyl sites for hydroxylation is 2. The molecule has 0 spiro atoms. The molecule has 0 aliphatic heterocycles. The number of hydrogen-bond donors (Lipinski definition) is 4. The van der Waals surface area contributed by atoms with Crippen molar-refractivity contribution in [3.05, 3.63) is 79.1 Å². The summed E-state index contributed by atoms with van der Waals surface area (Å²) in [6, 6.07) is 9.17. The van der Waals surface area contributed by atoms with E-state index in [0.717, 1.165) is 0 Å². The summed E-state index contributed by atoms with van der Waals surface area (Å²) in [5.74, 6) is -2.34. The summed E-state index contributed by atoms with van der Waals surface area (Å²) in [6.45, 7) is 3.41. The highest BCUT2D eigenvalue weighted by Gasteiger charge is 2.18. The predicted molar refractivity (Wildman–Crippen MR) is 121 cm³/mol. The Labute approximate surface area is 178 Å². The number of pyridine rings is 2. The van der Waals surface area contributed by atoms with E-state index in [1.807, 2.05) is 0 Å². The lowest BCUT2D eigenvalue weighted by molar-refractivity contribution is 0.0688. The average Bonchev–Trinajstić information content (AvgIpc) is 2.73. The Morgan fingerprint density at radius 1 is 0.625 bits per heavy atom. The zero-order chi connectivity index (χ0) is 22.9. The van der Waals surface area contributed by atoms with Crippen molar-refractivity contribution in [3.8, 4) is 0 Å². The molecule has 5 rings (SSSR count). The van der Waals surface area contributed by atoms with Crippen molar-refractivity contribution in [1.82, 2.24) is 9.97 Å². The van der Waals surface area contributed by atoms with Gasteiger partial charge < -0.3 is 20.2 Å². The van der Waals surface area contributed by atoms with Crippen molar-refractivity contribution in [3.63, 3.8) is 0 Å². The van der Waals surface area contributed by atoms with E-state index < -0.39 is 11.9 Å². The highest BCUT2D eigenvalue weighted by Crippen LogP contribution is 2.25. The summed E-state index contributed by atoms with van der Waals surface area (Å²) in [7, 11) is 0. The van der Waals surface area contributed by atoms with Gasteiger partial charge in [-0.05, 0) is 61.4 Å². The Bertz CT molecular complexity index is 1660. The number of aromatic nitrogens is 2. The van der Waals surface area contributed by atoms with Gasteiger partial charge in [-0.15, -0.1) is 0 Å².